The van der Waals surface area contributed by atoms with Crippen LogP contribution in [-0.4, -0.2) is 17.6 Å². The summed E-state index contributed by atoms with van der Waals surface area (Å²) in [5.74, 6) is -0.299. The van der Waals surface area contributed by atoms with Gasteiger partial charge in [0, 0.05) is 18.0 Å². The molecule has 1 heterocycles. The molecule has 0 aliphatic heterocycles. The van der Waals surface area contributed by atoms with Gasteiger partial charge in [0.05, 0.1) is 6.61 Å². The summed E-state index contributed by atoms with van der Waals surface area (Å²) in [5.41, 5.74) is 3.24. The van der Waals surface area contributed by atoms with Crippen LogP contribution in [0.25, 0.3) is 6.08 Å². The van der Waals surface area contributed by atoms with Gasteiger partial charge in [-0.1, -0.05) is 0 Å². The van der Waals surface area contributed by atoms with E-state index in [0.29, 0.717) is 6.61 Å². The lowest BCUT2D eigenvalue weighted by molar-refractivity contribution is -0.137. The van der Waals surface area contributed by atoms with E-state index < -0.39 is 0 Å². The van der Waals surface area contributed by atoms with E-state index in [1.807, 2.05) is 20.0 Å². The van der Waals surface area contributed by atoms with Gasteiger partial charge in [0.25, 0.3) is 0 Å². The fraction of sp³-hybridized carbons (Fsp3) is 0.364. The molecule has 0 aliphatic rings. The highest BCUT2D eigenvalue weighted by molar-refractivity contribution is 5.87. The van der Waals surface area contributed by atoms with Gasteiger partial charge in [-0.2, -0.15) is 0 Å². The molecule has 0 bridgehead atoms. The molecule has 1 N–H and O–H groups in total. The number of aromatic amines is 1. The monoisotopic (exact) mass is 193 g/mol. The number of carbonyl (C=O) groups is 1. The van der Waals surface area contributed by atoms with Crippen molar-refractivity contribution >= 4 is 12.0 Å². The van der Waals surface area contributed by atoms with Crippen molar-refractivity contribution in [2.24, 2.45) is 0 Å². The third kappa shape index (κ3) is 2.49. The second-order valence-corrected chi connectivity index (χ2v) is 3.10. The molecule has 0 radical (unpaired) electrons. The molecule has 0 aliphatic carbocycles. The van der Waals surface area contributed by atoms with Crippen LogP contribution >= 0.6 is 0 Å². The van der Waals surface area contributed by atoms with Crippen LogP contribution in [0.5, 0.6) is 0 Å². The molecule has 3 nitrogen and oxygen atoms in total. The fourth-order valence-electron chi connectivity index (χ4n) is 1.27. The Labute approximate surface area is 83.8 Å². The van der Waals surface area contributed by atoms with Crippen molar-refractivity contribution in [1.82, 2.24) is 4.98 Å². The minimum absolute atomic E-state index is 0.299. The number of H-pyrrole nitrogens is 1. The molecule has 1 aromatic heterocycles. The topological polar surface area (TPSA) is 42.1 Å². The third-order valence-corrected chi connectivity index (χ3v) is 2.01. The highest BCUT2D eigenvalue weighted by Gasteiger charge is 2.01. The van der Waals surface area contributed by atoms with Gasteiger partial charge in [-0.25, -0.2) is 4.79 Å². The van der Waals surface area contributed by atoms with Gasteiger partial charge < -0.3 is 9.72 Å². The first-order valence-corrected chi connectivity index (χ1v) is 4.64. The molecule has 0 spiro atoms. The van der Waals surface area contributed by atoms with Crippen molar-refractivity contribution in [3.05, 3.63) is 29.1 Å². The average molecular weight is 193 g/mol. The zero-order valence-electron chi connectivity index (χ0n) is 8.76. The maximum absolute atomic E-state index is 11.0. The Morgan fingerprint density at radius 2 is 2.29 bits per heavy atom. The second kappa shape index (κ2) is 4.65. The lowest BCUT2D eigenvalue weighted by Gasteiger charge is -1.95. The number of nitrogens with one attached hydrogen (secondary N) is 1. The van der Waals surface area contributed by atoms with E-state index in [4.69, 9.17) is 4.74 Å². The van der Waals surface area contributed by atoms with E-state index in [0.717, 1.165) is 16.8 Å². The molecule has 0 fully saturated rings. The lowest BCUT2D eigenvalue weighted by atomic mass is 10.1. The summed E-state index contributed by atoms with van der Waals surface area (Å²) in [6.45, 7) is 6.17. The summed E-state index contributed by atoms with van der Waals surface area (Å²) in [5, 5.41) is 0. The Kier molecular flexibility index (Phi) is 3.51. The van der Waals surface area contributed by atoms with Crippen molar-refractivity contribution in [3.8, 4) is 0 Å². The van der Waals surface area contributed by atoms with Crippen LogP contribution in [0.1, 0.15) is 23.7 Å². The standard InChI is InChI=1S/C11H15NO2/c1-4-14-11(13)6-5-10-8(2)7-12-9(10)3/h5-7,12H,4H2,1-3H3/b6-5+. The van der Waals surface area contributed by atoms with Crippen LogP contribution in [0, 0.1) is 13.8 Å². The van der Waals surface area contributed by atoms with Gasteiger partial charge in [0.15, 0.2) is 0 Å². The SMILES string of the molecule is CCOC(=O)/C=C/c1c(C)c[nH]c1C. The van der Waals surface area contributed by atoms with E-state index in [2.05, 4.69) is 4.98 Å². The quantitative estimate of drug-likeness (QED) is 0.590. The minimum Gasteiger partial charge on any atom is -0.463 e. The Morgan fingerprint density at radius 3 is 2.79 bits per heavy atom. The zero-order chi connectivity index (χ0) is 10.6. The van der Waals surface area contributed by atoms with E-state index in [-0.39, 0.29) is 5.97 Å². The predicted molar refractivity (Wildman–Crippen MR) is 55.9 cm³/mol. The molecule has 76 valence electrons. The van der Waals surface area contributed by atoms with Crippen LogP contribution in [0.15, 0.2) is 12.3 Å². The summed E-state index contributed by atoms with van der Waals surface area (Å²) in [6.07, 6.45) is 5.14. The maximum Gasteiger partial charge on any atom is 0.330 e. The van der Waals surface area contributed by atoms with Gasteiger partial charge in [-0.3, -0.25) is 0 Å². The number of rotatable bonds is 3. The predicted octanol–water partition coefficient (Wildman–Crippen LogP) is 2.21. The van der Waals surface area contributed by atoms with Gasteiger partial charge in [-0.05, 0) is 38.0 Å². The molecule has 14 heavy (non-hydrogen) atoms. The van der Waals surface area contributed by atoms with Crippen LogP contribution in [-0.2, 0) is 9.53 Å². The number of aryl methyl sites for hydroxylation is 2. The van der Waals surface area contributed by atoms with Crippen molar-refractivity contribution in [1.29, 1.82) is 0 Å². The summed E-state index contributed by atoms with van der Waals surface area (Å²) in [6, 6.07) is 0. The normalized spacial score (nSPS) is 10.8. The van der Waals surface area contributed by atoms with Crippen LogP contribution in [0.4, 0.5) is 0 Å². The molecule has 3 heteroatoms. The molecule has 0 saturated carbocycles. The minimum atomic E-state index is -0.299. The van der Waals surface area contributed by atoms with Crippen LogP contribution < -0.4 is 0 Å². The van der Waals surface area contributed by atoms with Crippen LogP contribution in [0.2, 0.25) is 0 Å². The molecule has 0 aromatic carbocycles. The highest BCUT2D eigenvalue weighted by atomic mass is 16.5. The maximum atomic E-state index is 11.0. The molecular formula is C11H15NO2. The van der Waals surface area contributed by atoms with Gasteiger partial charge in [0.1, 0.15) is 0 Å². The van der Waals surface area contributed by atoms with E-state index in [1.165, 1.54) is 6.08 Å². The number of carbonyl (C=O) groups excluding carboxylic acids is 1. The van der Waals surface area contributed by atoms with Gasteiger partial charge in [0.2, 0.25) is 0 Å². The molecule has 0 saturated heterocycles. The van der Waals surface area contributed by atoms with E-state index in [9.17, 15) is 4.79 Å². The van der Waals surface area contributed by atoms with Crippen molar-refractivity contribution < 1.29 is 9.53 Å². The zero-order valence-corrected chi connectivity index (χ0v) is 8.76. The Hall–Kier alpha value is -1.51. The number of aromatic nitrogens is 1. The first kappa shape index (κ1) is 10.6. The highest BCUT2D eigenvalue weighted by Crippen LogP contribution is 2.13. The third-order valence-electron chi connectivity index (χ3n) is 2.01. The Morgan fingerprint density at radius 1 is 1.57 bits per heavy atom. The average Bonchev–Trinajstić information content (AvgIpc) is 2.44. The van der Waals surface area contributed by atoms with Gasteiger partial charge in [-0.15, -0.1) is 0 Å². The van der Waals surface area contributed by atoms with Gasteiger partial charge >= 0.3 is 5.97 Å². The summed E-state index contributed by atoms with van der Waals surface area (Å²) in [7, 11) is 0. The Balaban J connectivity index is 2.73. The summed E-state index contributed by atoms with van der Waals surface area (Å²) in [4.78, 5) is 14.1. The number of hydrogen-bond donors (Lipinski definition) is 1. The molecule has 1 aromatic rings. The largest absolute Gasteiger partial charge is 0.463 e. The first-order valence-electron chi connectivity index (χ1n) is 4.64. The van der Waals surface area contributed by atoms with E-state index in [1.54, 1.807) is 13.0 Å². The number of ether oxygens (including phenoxy) is 1. The van der Waals surface area contributed by atoms with Crippen molar-refractivity contribution in [3.63, 3.8) is 0 Å². The van der Waals surface area contributed by atoms with Crippen LogP contribution in [0.3, 0.4) is 0 Å². The van der Waals surface area contributed by atoms with Crippen molar-refractivity contribution in [2.45, 2.75) is 20.8 Å². The summed E-state index contributed by atoms with van der Waals surface area (Å²) >= 11 is 0. The van der Waals surface area contributed by atoms with E-state index >= 15 is 0 Å². The molecule has 0 atom stereocenters. The molecular weight excluding hydrogens is 178 g/mol. The fourth-order valence-corrected chi connectivity index (χ4v) is 1.27. The summed E-state index contributed by atoms with van der Waals surface area (Å²) < 4.78 is 4.78. The number of esters is 1. The molecule has 0 amide bonds. The smallest absolute Gasteiger partial charge is 0.330 e. The molecule has 0 unspecified atom stereocenters. The van der Waals surface area contributed by atoms with Crippen molar-refractivity contribution in [2.75, 3.05) is 6.61 Å². The first-order chi connectivity index (χ1) is 6.65. The number of hydrogen-bond acceptors (Lipinski definition) is 2. The second-order valence-electron chi connectivity index (χ2n) is 3.10. The molecule has 1 rings (SSSR count). The lowest BCUT2D eigenvalue weighted by Crippen LogP contribution is -1.98. The Bertz CT molecular complexity index is 331.